The first kappa shape index (κ1) is 38.4. The second-order valence-corrected chi connectivity index (χ2v) is 16.0. The molecule has 1 aromatic heterocycles. The highest BCUT2D eigenvalue weighted by molar-refractivity contribution is 8.00. The number of benzene rings is 2. The number of hydrogen-bond acceptors (Lipinski definition) is 9. The number of likely N-dealkylation sites (N-methyl/N-ethyl adjacent to an activating group) is 1. The van der Waals surface area contributed by atoms with Crippen molar-refractivity contribution in [2.45, 2.75) is 70.1 Å². The summed E-state index contributed by atoms with van der Waals surface area (Å²) in [5, 5.41) is 34.3. The molecule has 1 unspecified atom stereocenters. The van der Waals surface area contributed by atoms with Crippen molar-refractivity contribution < 1.29 is 29.1 Å². The normalized spacial score (nSPS) is 17.0. The van der Waals surface area contributed by atoms with Gasteiger partial charge in [-0.1, -0.05) is 74.7 Å². The maximum atomic E-state index is 13.5. The third-order valence-corrected chi connectivity index (χ3v) is 11.0. The maximum Gasteiger partial charge on any atom is 0.306 e. The van der Waals surface area contributed by atoms with Crippen LogP contribution in [0, 0.1) is 0 Å². The third-order valence-electron chi connectivity index (χ3n) is 9.86. The molecule has 11 heteroatoms. The predicted octanol–water partition coefficient (Wildman–Crippen LogP) is 6.76. The standard InChI is InChI=1S/C43H49N5O5S/c1-8-48(30-24-26(2)35(27(3)25-30)36-39(50)37(40(36)51)38-41(43(4,5)6)45-46-42(38)52)22-23-53-34(49)14-11-21-47(7)29-18-15-28(16-19-29)17-20-33-44-31-12-9-10-13-32(31)54-33/h9-10,12-13,15-20,24-25,33,44H,8,11,14,21-23H2,1-7H3,(H2,46,50,51,52)/b20-17+. The highest BCUT2D eigenvalue weighted by Gasteiger charge is 2.38. The van der Waals surface area contributed by atoms with Gasteiger partial charge in [0.05, 0.1) is 16.6 Å². The van der Waals surface area contributed by atoms with Gasteiger partial charge in [-0.15, -0.1) is 0 Å². The van der Waals surface area contributed by atoms with Crippen LogP contribution < -0.4 is 15.3 Å². The fraction of sp³-hybridized carbons (Fsp3) is 0.349. The first-order chi connectivity index (χ1) is 25.8. The molecule has 0 saturated heterocycles. The van der Waals surface area contributed by atoms with E-state index in [4.69, 9.17) is 4.74 Å². The van der Waals surface area contributed by atoms with Crippen LogP contribution in [0.5, 0.6) is 5.88 Å². The molecule has 282 valence electrons. The molecule has 0 spiro atoms. The number of ketones is 1. The van der Waals surface area contributed by atoms with Crippen LogP contribution in [0.2, 0.25) is 0 Å². The summed E-state index contributed by atoms with van der Waals surface area (Å²) in [5.41, 5.74) is 6.79. The van der Waals surface area contributed by atoms with Gasteiger partial charge in [0.1, 0.15) is 13.2 Å². The lowest BCUT2D eigenvalue weighted by atomic mass is 9.74. The van der Waals surface area contributed by atoms with Crippen LogP contribution in [0.25, 0.3) is 11.6 Å². The Morgan fingerprint density at radius 1 is 1.07 bits per heavy atom. The fourth-order valence-corrected chi connectivity index (χ4v) is 8.04. The molecule has 54 heavy (non-hydrogen) atoms. The summed E-state index contributed by atoms with van der Waals surface area (Å²) in [4.78, 5) is 29.5. The molecule has 1 atom stereocenters. The zero-order chi connectivity index (χ0) is 38.7. The second-order valence-electron chi connectivity index (χ2n) is 14.9. The Morgan fingerprint density at radius 2 is 1.78 bits per heavy atom. The number of fused-ring (bicyclic) bond motifs is 1. The number of aromatic nitrogens is 2. The number of ether oxygens (including phenoxy) is 1. The number of esters is 1. The van der Waals surface area contributed by atoms with E-state index in [1.54, 1.807) is 0 Å². The van der Waals surface area contributed by atoms with Crippen molar-refractivity contribution in [3.05, 3.63) is 112 Å². The van der Waals surface area contributed by atoms with Crippen molar-refractivity contribution in [1.82, 2.24) is 10.2 Å². The van der Waals surface area contributed by atoms with Crippen LogP contribution in [0.3, 0.4) is 0 Å². The Morgan fingerprint density at radius 3 is 2.43 bits per heavy atom. The van der Waals surface area contributed by atoms with Gasteiger partial charge in [0.25, 0.3) is 0 Å². The predicted molar refractivity (Wildman–Crippen MR) is 215 cm³/mol. The van der Waals surface area contributed by atoms with Gasteiger partial charge in [-0.2, -0.15) is 5.10 Å². The molecule has 3 N–H and O–H groups in total. The van der Waals surface area contributed by atoms with Crippen molar-refractivity contribution in [2.75, 3.05) is 43.5 Å². The first-order valence-corrected chi connectivity index (χ1v) is 19.3. The van der Waals surface area contributed by atoms with Crippen LogP contribution in [-0.4, -0.2) is 76.0 Å². The van der Waals surface area contributed by atoms with Gasteiger partial charge < -0.3 is 25.2 Å². The monoisotopic (exact) mass is 747 g/mol. The number of allylic oxidation sites excluding steroid dienone is 7. The summed E-state index contributed by atoms with van der Waals surface area (Å²) in [7, 11) is 2.03. The van der Waals surface area contributed by atoms with E-state index in [2.05, 4.69) is 79.6 Å². The molecular formula is C43H49N5O5S. The Hall–Kier alpha value is -5.29. The minimum atomic E-state index is -0.481. The summed E-state index contributed by atoms with van der Waals surface area (Å²) in [6.45, 7) is 13.7. The van der Waals surface area contributed by atoms with E-state index in [0.717, 1.165) is 34.7 Å². The molecule has 6 rings (SSSR count). The van der Waals surface area contributed by atoms with E-state index in [1.165, 1.54) is 10.6 Å². The number of thioether (sulfide) groups is 1. The summed E-state index contributed by atoms with van der Waals surface area (Å²) in [6, 6.07) is 16.8. The van der Waals surface area contributed by atoms with Crippen LogP contribution in [0.1, 0.15) is 71.2 Å². The number of H-pyrrole nitrogens is 1. The third kappa shape index (κ3) is 8.11. The largest absolute Gasteiger partial charge is 0.871 e. The smallest absolute Gasteiger partial charge is 0.306 e. The lowest BCUT2D eigenvalue weighted by Crippen LogP contribution is -2.32. The van der Waals surface area contributed by atoms with Gasteiger partial charge in [0, 0.05) is 65.0 Å². The zero-order valence-corrected chi connectivity index (χ0v) is 32.9. The summed E-state index contributed by atoms with van der Waals surface area (Å²) >= 11 is 1.81. The maximum absolute atomic E-state index is 13.5. The summed E-state index contributed by atoms with van der Waals surface area (Å²) in [6.07, 6.45) is 9.23. The van der Waals surface area contributed by atoms with Gasteiger partial charge in [-0.05, 0) is 73.7 Å². The van der Waals surface area contributed by atoms with E-state index in [9.17, 15) is 19.8 Å². The van der Waals surface area contributed by atoms with Gasteiger partial charge in [0.15, 0.2) is 12.3 Å². The second kappa shape index (κ2) is 16.0. The van der Waals surface area contributed by atoms with Gasteiger partial charge in [-0.25, -0.2) is 9.67 Å². The number of nitrogens with zero attached hydrogens (tertiary/aromatic N) is 3. The number of rotatable bonds is 12. The number of hydrogen-bond donors (Lipinski definition) is 3. The minimum absolute atomic E-state index is 0.0335. The summed E-state index contributed by atoms with van der Waals surface area (Å²) in [5.74, 6) is -1.29. The van der Waals surface area contributed by atoms with Crippen molar-refractivity contribution in [3.8, 4) is 5.88 Å². The van der Waals surface area contributed by atoms with Crippen molar-refractivity contribution in [3.63, 3.8) is 0 Å². The zero-order valence-electron chi connectivity index (χ0n) is 32.1. The highest BCUT2D eigenvalue weighted by Crippen LogP contribution is 2.45. The molecule has 1 aliphatic heterocycles. The van der Waals surface area contributed by atoms with E-state index in [0.29, 0.717) is 37.2 Å². The Kier molecular flexibility index (Phi) is 11.4. The molecule has 0 radical (unpaired) electrons. The number of aromatic amines is 1. The topological polar surface area (TPSA) is 134 Å². The number of para-hydroxylation sites is 1. The highest BCUT2D eigenvalue weighted by atomic mass is 32.2. The molecule has 2 heterocycles. The van der Waals surface area contributed by atoms with Crippen LogP contribution >= 0.6 is 11.8 Å². The van der Waals surface area contributed by atoms with Crippen LogP contribution in [-0.2, 0) is 19.7 Å². The molecule has 2 aliphatic carbocycles. The Labute approximate surface area is 321 Å². The molecule has 0 amide bonds. The quantitative estimate of drug-likeness (QED) is 0.104. The molecule has 0 saturated carbocycles. The molecular weight excluding hydrogens is 699 g/mol. The average Bonchev–Trinajstić information content (AvgIpc) is 3.74. The molecule has 3 aliphatic rings. The number of anilines is 2. The van der Waals surface area contributed by atoms with Crippen molar-refractivity contribution >= 4 is 52.3 Å². The number of nitrogens with one attached hydrogen (secondary N) is 2. The Balaban J connectivity index is 0.989. The SMILES string of the molecule is CC[N+](CCOC(=O)CCCN(C)c1ccc(/C=C/C2Nc3ccccc3S2)cc1)=C1C=C(C)C(=C2C(=O)C(c3c(C(C)(C)C)n[nH]c3O)=C2[O-])C(C)=C1. The molecule has 0 fully saturated rings. The number of carbonyl (C=O) groups excluding carboxylic acids is 2. The van der Waals surface area contributed by atoms with E-state index in [-0.39, 0.29) is 40.5 Å². The van der Waals surface area contributed by atoms with Gasteiger partial charge in [-0.3, -0.25) is 9.59 Å². The Bertz CT molecular complexity index is 2100. The van der Waals surface area contributed by atoms with Crippen molar-refractivity contribution in [1.29, 1.82) is 0 Å². The number of aromatic hydroxyl groups is 1. The average molecular weight is 748 g/mol. The van der Waals surface area contributed by atoms with Gasteiger partial charge >= 0.3 is 5.97 Å². The van der Waals surface area contributed by atoms with E-state index in [1.807, 2.05) is 78.6 Å². The molecule has 2 aromatic carbocycles. The number of carbonyl (C=O) groups is 2. The van der Waals surface area contributed by atoms with E-state index < -0.39 is 17.0 Å². The first-order valence-electron chi connectivity index (χ1n) is 18.4. The van der Waals surface area contributed by atoms with Gasteiger partial charge in [0.2, 0.25) is 11.6 Å². The molecule has 10 nitrogen and oxygen atoms in total. The summed E-state index contributed by atoms with van der Waals surface area (Å²) < 4.78 is 7.73. The van der Waals surface area contributed by atoms with Crippen molar-refractivity contribution in [2.24, 2.45) is 0 Å². The van der Waals surface area contributed by atoms with E-state index >= 15 is 0 Å². The minimum Gasteiger partial charge on any atom is -0.871 e. The molecule has 3 aromatic rings. The fourth-order valence-electron chi connectivity index (χ4n) is 7.01. The van der Waals surface area contributed by atoms with Crippen LogP contribution in [0.15, 0.2) is 99.7 Å². The molecule has 0 bridgehead atoms. The lowest BCUT2D eigenvalue weighted by molar-refractivity contribution is -0.524. The van der Waals surface area contributed by atoms with Crippen LogP contribution in [0.4, 0.5) is 11.4 Å². The lowest BCUT2D eigenvalue weighted by Gasteiger charge is -2.34. The number of Topliss-reactive ketones (excluding diaryl/α,β-unsaturated/α-hetero) is 1.